The summed E-state index contributed by atoms with van der Waals surface area (Å²) in [5.74, 6) is -0.0199. The van der Waals surface area contributed by atoms with Crippen LogP contribution in [0.25, 0.3) is 0 Å². The van der Waals surface area contributed by atoms with Gasteiger partial charge in [0, 0.05) is 5.56 Å². The van der Waals surface area contributed by atoms with Gasteiger partial charge in [0.1, 0.15) is 10.6 Å². The van der Waals surface area contributed by atoms with E-state index in [-0.39, 0.29) is 22.0 Å². The number of carbonyl (C=O) groups excluding carboxylic acids is 1. The lowest BCUT2D eigenvalue weighted by Gasteiger charge is -2.07. The molecule has 0 spiro atoms. The van der Waals surface area contributed by atoms with Gasteiger partial charge in [0.25, 0.3) is 0 Å². The first kappa shape index (κ1) is 14.8. The third-order valence-electron chi connectivity index (χ3n) is 2.72. The fourth-order valence-electron chi connectivity index (χ4n) is 1.64. The van der Waals surface area contributed by atoms with Crippen molar-refractivity contribution < 1.29 is 17.4 Å². The monoisotopic (exact) mass is 301 g/mol. The first-order chi connectivity index (χ1) is 9.92. The Kier molecular flexibility index (Phi) is 4.05. The molecule has 6 heteroatoms. The third-order valence-corrected chi connectivity index (χ3v) is 3.96. The molecule has 2 rings (SSSR count). The summed E-state index contributed by atoms with van der Waals surface area (Å²) in [5, 5.41) is 8.78. The topological polar surface area (TPSA) is 84.2 Å². The summed E-state index contributed by atoms with van der Waals surface area (Å²) in [6, 6.07) is 13.2. The maximum absolute atomic E-state index is 12.1. The quantitative estimate of drug-likeness (QED) is 0.640. The van der Waals surface area contributed by atoms with Crippen molar-refractivity contribution in [2.75, 3.05) is 0 Å². The zero-order chi connectivity index (χ0) is 15.5. The fourth-order valence-corrected chi connectivity index (χ4v) is 2.62. The molecule has 5 nitrogen and oxygen atoms in total. The second-order valence-corrected chi connectivity index (χ2v) is 5.80. The summed E-state index contributed by atoms with van der Waals surface area (Å²) in [6.45, 7) is 1.42. The molecule has 0 amide bonds. The molecule has 0 bridgehead atoms. The molecule has 0 aromatic heterocycles. The minimum atomic E-state index is -4.02. The maximum atomic E-state index is 12.1. The smallest absolute Gasteiger partial charge is 0.339 e. The number of benzene rings is 2. The Bertz CT molecular complexity index is 817. The molecule has 0 aliphatic heterocycles. The van der Waals surface area contributed by atoms with Gasteiger partial charge in [0.2, 0.25) is 0 Å². The molecule has 0 heterocycles. The zero-order valence-electron chi connectivity index (χ0n) is 11.1. The molecule has 2 aromatic rings. The summed E-state index contributed by atoms with van der Waals surface area (Å²) >= 11 is 0. The molecule has 0 saturated heterocycles. The molecule has 0 saturated carbocycles. The van der Waals surface area contributed by atoms with Crippen LogP contribution in [0.15, 0.2) is 53.4 Å². The van der Waals surface area contributed by atoms with Gasteiger partial charge in [0.15, 0.2) is 5.78 Å². The van der Waals surface area contributed by atoms with Gasteiger partial charge < -0.3 is 4.18 Å². The summed E-state index contributed by atoms with van der Waals surface area (Å²) in [6.07, 6.45) is 0. The van der Waals surface area contributed by atoms with Crippen LogP contribution in [-0.4, -0.2) is 14.2 Å². The van der Waals surface area contributed by atoms with Crippen molar-refractivity contribution >= 4 is 15.9 Å². The Balaban J connectivity index is 2.28. The minimum absolute atomic E-state index is 0.0994. The highest BCUT2D eigenvalue weighted by molar-refractivity contribution is 7.87. The highest BCUT2D eigenvalue weighted by atomic mass is 32.2. The van der Waals surface area contributed by atoms with Crippen LogP contribution in [0.2, 0.25) is 0 Å². The first-order valence-corrected chi connectivity index (χ1v) is 7.39. The number of nitriles is 1. The van der Waals surface area contributed by atoms with E-state index < -0.39 is 10.1 Å². The van der Waals surface area contributed by atoms with E-state index in [1.54, 1.807) is 0 Å². The molecule has 0 aliphatic rings. The lowest BCUT2D eigenvalue weighted by Crippen LogP contribution is -2.10. The van der Waals surface area contributed by atoms with Crippen molar-refractivity contribution in [3.05, 3.63) is 59.7 Å². The van der Waals surface area contributed by atoms with Crippen molar-refractivity contribution in [2.24, 2.45) is 0 Å². The van der Waals surface area contributed by atoms with Crippen LogP contribution in [0, 0.1) is 11.3 Å². The fraction of sp³-hybridized carbons (Fsp3) is 0.0667. The Morgan fingerprint density at radius 3 is 2.38 bits per heavy atom. The van der Waals surface area contributed by atoms with E-state index in [4.69, 9.17) is 9.44 Å². The second kappa shape index (κ2) is 5.77. The van der Waals surface area contributed by atoms with E-state index in [0.29, 0.717) is 5.56 Å². The Morgan fingerprint density at radius 2 is 1.81 bits per heavy atom. The van der Waals surface area contributed by atoms with E-state index >= 15 is 0 Å². The minimum Gasteiger partial charge on any atom is -0.379 e. The largest absolute Gasteiger partial charge is 0.379 e. The van der Waals surface area contributed by atoms with Gasteiger partial charge in [-0.1, -0.05) is 6.07 Å². The van der Waals surface area contributed by atoms with E-state index in [9.17, 15) is 13.2 Å². The Labute approximate surface area is 122 Å². The molecule has 21 heavy (non-hydrogen) atoms. The number of hydrogen-bond donors (Lipinski definition) is 0. The van der Waals surface area contributed by atoms with Gasteiger partial charge >= 0.3 is 10.1 Å². The van der Waals surface area contributed by atoms with Crippen LogP contribution in [0.3, 0.4) is 0 Å². The highest BCUT2D eigenvalue weighted by Crippen LogP contribution is 2.20. The van der Waals surface area contributed by atoms with Crippen molar-refractivity contribution in [1.82, 2.24) is 0 Å². The van der Waals surface area contributed by atoms with Crippen molar-refractivity contribution in [3.63, 3.8) is 0 Å². The van der Waals surface area contributed by atoms with Gasteiger partial charge in [-0.05, 0) is 49.4 Å². The average Bonchev–Trinajstić information content (AvgIpc) is 2.47. The van der Waals surface area contributed by atoms with E-state index in [1.165, 1.54) is 55.5 Å². The molecule has 0 fully saturated rings. The lowest BCUT2D eigenvalue weighted by atomic mass is 10.1. The SMILES string of the molecule is CC(=O)c1ccc(OS(=O)(=O)c2cccc(C#N)c2)cc1. The van der Waals surface area contributed by atoms with Gasteiger partial charge in [-0.15, -0.1) is 0 Å². The van der Waals surface area contributed by atoms with Gasteiger partial charge in [-0.3, -0.25) is 4.79 Å². The standard InChI is InChI=1S/C15H11NO4S/c1-11(17)13-5-7-14(8-6-13)20-21(18,19)15-4-2-3-12(9-15)10-16/h2-9H,1H3. The number of rotatable bonds is 4. The van der Waals surface area contributed by atoms with Gasteiger partial charge in [-0.25, -0.2) is 0 Å². The molecule has 0 radical (unpaired) electrons. The predicted octanol–water partition coefficient (Wildman–Crippen LogP) is 2.53. The second-order valence-electron chi connectivity index (χ2n) is 4.26. The molecule has 0 unspecified atom stereocenters. The third kappa shape index (κ3) is 3.46. The first-order valence-electron chi connectivity index (χ1n) is 5.98. The average molecular weight is 301 g/mol. The Morgan fingerprint density at radius 1 is 1.14 bits per heavy atom. The summed E-state index contributed by atoms with van der Waals surface area (Å²) in [5.41, 5.74) is 0.692. The summed E-state index contributed by atoms with van der Waals surface area (Å²) in [4.78, 5) is 11.0. The number of Topliss-reactive ketones (excluding diaryl/α,β-unsaturated/α-hetero) is 1. The number of hydrogen-bond acceptors (Lipinski definition) is 5. The summed E-state index contributed by atoms with van der Waals surface area (Å²) < 4.78 is 29.2. The molecule has 0 N–H and O–H groups in total. The number of ketones is 1. The molecular formula is C15H11NO4S. The zero-order valence-corrected chi connectivity index (χ0v) is 11.9. The van der Waals surface area contributed by atoms with Crippen molar-refractivity contribution in [1.29, 1.82) is 5.26 Å². The maximum Gasteiger partial charge on any atom is 0.339 e. The van der Waals surface area contributed by atoms with Crippen LogP contribution >= 0.6 is 0 Å². The number of carbonyl (C=O) groups is 1. The normalized spacial score (nSPS) is 10.7. The molecule has 0 atom stereocenters. The van der Waals surface area contributed by atoms with Crippen LogP contribution in [-0.2, 0) is 10.1 Å². The van der Waals surface area contributed by atoms with Gasteiger partial charge in [-0.2, -0.15) is 13.7 Å². The molecular weight excluding hydrogens is 290 g/mol. The molecule has 2 aromatic carbocycles. The van der Waals surface area contributed by atoms with Crippen molar-refractivity contribution in [2.45, 2.75) is 11.8 Å². The molecule has 0 aliphatic carbocycles. The van der Waals surface area contributed by atoms with Crippen LogP contribution in [0.5, 0.6) is 5.75 Å². The molecule has 106 valence electrons. The van der Waals surface area contributed by atoms with Crippen LogP contribution in [0.4, 0.5) is 0 Å². The highest BCUT2D eigenvalue weighted by Gasteiger charge is 2.17. The van der Waals surface area contributed by atoms with E-state index in [2.05, 4.69) is 0 Å². The Hall–Kier alpha value is -2.65. The van der Waals surface area contributed by atoms with Gasteiger partial charge in [0.05, 0.1) is 11.6 Å². The number of nitrogens with zero attached hydrogens (tertiary/aromatic N) is 1. The lowest BCUT2D eigenvalue weighted by molar-refractivity contribution is 0.101. The predicted molar refractivity (Wildman–Crippen MR) is 75.4 cm³/mol. The van der Waals surface area contributed by atoms with Crippen molar-refractivity contribution in [3.8, 4) is 11.8 Å². The van der Waals surface area contributed by atoms with Crippen LogP contribution in [0.1, 0.15) is 22.8 Å². The summed E-state index contributed by atoms with van der Waals surface area (Å²) in [7, 11) is -4.02. The van der Waals surface area contributed by atoms with E-state index in [1.807, 2.05) is 6.07 Å². The van der Waals surface area contributed by atoms with Crippen LogP contribution < -0.4 is 4.18 Å². The van der Waals surface area contributed by atoms with E-state index in [0.717, 1.165) is 0 Å².